The van der Waals surface area contributed by atoms with Crippen molar-refractivity contribution in [3.8, 4) is 0 Å². The largest absolute Gasteiger partial charge is 0.396 e. The van der Waals surface area contributed by atoms with Crippen LogP contribution >= 0.6 is 0 Å². The quantitative estimate of drug-likeness (QED) is 0.821. The number of aliphatic hydroxyl groups excluding tert-OH is 1. The van der Waals surface area contributed by atoms with E-state index in [1.807, 2.05) is 24.3 Å². The molecule has 0 unspecified atom stereocenters. The van der Waals surface area contributed by atoms with Crippen LogP contribution < -0.4 is 5.43 Å². The lowest BCUT2D eigenvalue weighted by atomic mass is 10.1. The van der Waals surface area contributed by atoms with Gasteiger partial charge in [-0.15, -0.1) is 0 Å². The summed E-state index contributed by atoms with van der Waals surface area (Å²) in [5.74, 6) is 0. The summed E-state index contributed by atoms with van der Waals surface area (Å²) in [6.45, 7) is 0.137. The van der Waals surface area contributed by atoms with Crippen LogP contribution in [0.2, 0.25) is 0 Å². The van der Waals surface area contributed by atoms with Gasteiger partial charge in [-0.3, -0.25) is 4.79 Å². The maximum atomic E-state index is 11.6. The fraction of sp³-hybridized carbons (Fsp3) is 0.154. The Bertz CT molecular complexity index is 569. The van der Waals surface area contributed by atoms with Crippen LogP contribution in [0.3, 0.4) is 0 Å². The summed E-state index contributed by atoms with van der Waals surface area (Å²) in [6, 6.07) is 7.11. The lowest BCUT2D eigenvalue weighted by molar-refractivity contribution is 0.303. The van der Waals surface area contributed by atoms with E-state index in [4.69, 9.17) is 5.11 Å². The monoisotopic (exact) mass is 215 g/mol. The maximum absolute atomic E-state index is 11.6. The Morgan fingerprint density at radius 1 is 1.31 bits per heavy atom. The minimum Gasteiger partial charge on any atom is -0.396 e. The maximum Gasteiger partial charge on any atom is 0.189 e. The van der Waals surface area contributed by atoms with E-state index in [9.17, 15) is 4.79 Å². The fourth-order valence-electron chi connectivity index (χ4n) is 1.65. The molecule has 2 rings (SSSR count). The molecule has 3 heteroatoms. The molecule has 0 saturated carbocycles. The number of rotatable bonds is 3. The average molecular weight is 215 g/mol. The first-order valence-corrected chi connectivity index (χ1v) is 5.21. The molecule has 0 radical (unpaired) electrons. The van der Waals surface area contributed by atoms with Gasteiger partial charge in [0.15, 0.2) is 5.43 Å². The van der Waals surface area contributed by atoms with Crippen LogP contribution in [0.25, 0.3) is 17.0 Å². The van der Waals surface area contributed by atoms with Crippen molar-refractivity contribution in [2.75, 3.05) is 6.61 Å². The lowest BCUT2D eigenvalue weighted by Crippen LogP contribution is -2.00. The van der Waals surface area contributed by atoms with Crippen molar-refractivity contribution >= 4 is 17.0 Å². The summed E-state index contributed by atoms with van der Waals surface area (Å²) in [6.07, 6.45) is 6.07. The van der Waals surface area contributed by atoms with E-state index in [0.717, 1.165) is 11.1 Å². The highest BCUT2D eigenvalue weighted by molar-refractivity contribution is 5.86. The number of benzene rings is 1. The fourth-order valence-corrected chi connectivity index (χ4v) is 1.65. The van der Waals surface area contributed by atoms with Gasteiger partial charge in [0.05, 0.1) is 5.52 Å². The molecule has 0 aliphatic heterocycles. The first-order valence-electron chi connectivity index (χ1n) is 5.21. The highest BCUT2D eigenvalue weighted by Gasteiger charge is 2.00. The zero-order valence-corrected chi connectivity index (χ0v) is 8.81. The Morgan fingerprint density at radius 3 is 3.00 bits per heavy atom. The lowest BCUT2D eigenvalue weighted by Gasteiger charge is -2.00. The minimum absolute atomic E-state index is 0.0196. The smallest absolute Gasteiger partial charge is 0.189 e. The molecule has 82 valence electrons. The van der Waals surface area contributed by atoms with Crippen molar-refractivity contribution in [1.29, 1.82) is 0 Å². The number of nitrogens with one attached hydrogen (secondary N) is 1. The number of hydrogen-bond acceptors (Lipinski definition) is 2. The Labute approximate surface area is 93.1 Å². The van der Waals surface area contributed by atoms with Crippen molar-refractivity contribution < 1.29 is 5.11 Å². The first-order chi connectivity index (χ1) is 7.83. The third-order valence-corrected chi connectivity index (χ3v) is 2.42. The van der Waals surface area contributed by atoms with E-state index in [-0.39, 0.29) is 12.0 Å². The van der Waals surface area contributed by atoms with Gasteiger partial charge in [-0.05, 0) is 18.1 Å². The van der Waals surface area contributed by atoms with Crippen LogP contribution in [0, 0.1) is 0 Å². The van der Waals surface area contributed by atoms with Crippen LogP contribution in [0.4, 0.5) is 0 Å². The average Bonchev–Trinajstić information content (AvgIpc) is 2.31. The van der Waals surface area contributed by atoms with Crippen molar-refractivity contribution in [1.82, 2.24) is 4.98 Å². The molecule has 0 amide bonds. The van der Waals surface area contributed by atoms with Crippen LogP contribution in [-0.2, 0) is 0 Å². The van der Waals surface area contributed by atoms with Crippen molar-refractivity contribution in [2.45, 2.75) is 6.42 Å². The van der Waals surface area contributed by atoms with E-state index < -0.39 is 0 Å². The normalized spacial score (nSPS) is 11.3. The molecular formula is C13H13NO2. The van der Waals surface area contributed by atoms with Gasteiger partial charge in [-0.25, -0.2) is 0 Å². The molecule has 0 fully saturated rings. The highest BCUT2D eigenvalue weighted by Crippen LogP contribution is 2.14. The van der Waals surface area contributed by atoms with Gasteiger partial charge in [0.1, 0.15) is 0 Å². The third-order valence-electron chi connectivity index (χ3n) is 2.42. The van der Waals surface area contributed by atoms with E-state index in [0.29, 0.717) is 11.8 Å². The predicted octanol–water partition coefficient (Wildman–Crippen LogP) is 1.92. The number of fused-ring (bicyclic) bond motifs is 1. The molecule has 2 N–H and O–H groups in total. The third kappa shape index (κ3) is 2.04. The van der Waals surface area contributed by atoms with Gasteiger partial charge in [-0.1, -0.05) is 24.3 Å². The summed E-state index contributed by atoms with van der Waals surface area (Å²) >= 11 is 0. The molecule has 0 atom stereocenters. The molecule has 0 aliphatic rings. The molecule has 0 aliphatic carbocycles. The first kappa shape index (κ1) is 10.6. The molecule has 0 spiro atoms. The molecular weight excluding hydrogens is 202 g/mol. The number of hydrogen-bond donors (Lipinski definition) is 2. The van der Waals surface area contributed by atoms with Crippen LogP contribution in [0.1, 0.15) is 12.0 Å². The Kier molecular flexibility index (Phi) is 3.17. The Hall–Kier alpha value is -1.87. The van der Waals surface area contributed by atoms with Crippen molar-refractivity contribution in [3.63, 3.8) is 0 Å². The Morgan fingerprint density at radius 2 is 2.19 bits per heavy atom. The molecule has 0 bridgehead atoms. The highest BCUT2D eigenvalue weighted by atomic mass is 16.2. The van der Waals surface area contributed by atoms with Gasteiger partial charge in [-0.2, -0.15) is 0 Å². The molecule has 3 nitrogen and oxygen atoms in total. The molecule has 0 saturated heterocycles. The van der Waals surface area contributed by atoms with E-state index in [1.54, 1.807) is 12.3 Å². The second kappa shape index (κ2) is 4.77. The van der Waals surface area contributed by atoms with Gasteiger partial charge in [0, 0.05) is 24.3 Å². The molecule has 16 heavy (non-hydrogen) atoms. The van der Waals surface area contributed by atoms with Gasteiger partial charge in [0.25, 0.3) is 0 Å². The van der Waals surface area contributed by atoms with Crippen LogP contribution in [0.5, 0.6) is 0 Å². The van der Waals surface area contributed by atoms with Gasteiger partial charge >= 0.3 is 0 Å². The van der Waals surface area contributed by atoms with E-state index >= 15 is 0 Å². The summed E-state index contributed by atoms with van der Waals surface area (Å²) in [5, 5.41) is 9.38. The molecule has 1 aromatic carbocycles. The predicted molar refractivity (Wildman–Crippen MR) is 65.3 cm³/mol. The summed E-state index contributed by atoms with van der Waals surface area (Å²) in [5.41, 5.74) is 1.82. The standard InChI is InChI=1S/C13H13NO2/c15-9-2-1-4-10-5-3-6-11-12(16)7-8-14-13(10)11/h1,3-8,15H,2,9H2,(H,14,16). The SMILES string of the molecule is O=c1cc[nH]c2c(C=CCCO)cccc12. The number of para-hydroxylation sites is 1. The number of pyridine rings is 1. The molecule has 1 heterocycles. The second-order valence-corrected chi connectivity index (χ2v) is 3.53. The van der Waals surface area contributed by atoms with Gasteiger partial charge in [0.2, 0.25) is 0 Å². The topological polar surface area (TPSA) is 53.1 Å². The van der Waals surface area contributed by atoms with Crippen LogP contribution in [0.15, 0.2) is 41.3 Å². The zero-order chi connectivity index (χ0) is 11.4. The number of aromatic nitrogens is 1. The molecule has 2 aromatic rings. The van der Waals surface area contributed by atoms with Crippen molar-refractivity contribution in [2.24, 2.45) is 0 Å². The Balaban J connectivity index is 2.54. The van der Waals surface area contributed by atoms with E-state index in [1.165, 1.54) is 6.07 Å². The van der Waals surface area contributed by atoms with E-state index in [2.05, 4.69) is 4.98 Å². The van der Waals surface area contributed by atoms with Gasteiger partial charge < -0.3 is 10.1 Å². The number of aromatic amines is 1. The summed E-state index contributed by atoms with van der Waals surface area (Å²) < 4.78 is 0. The zero-order valence-electron chi connectivity index (χ0n) is 8.81. The van der Waals surface area contributed by atoms with Crippen molar-refractivity contribution in [3.05, 3.63) is 52.3 Å². The van der Waals surface area contributed by atoms with Crippen LogP contribution in [-0.4, -0.2) is 16.7 Å². The minimum atomic E-state index is 0.0196. The number of H-pyrrole nitrogens is 1. The summed E-state index contributed by atoms with van der Waals surface area (Å²) in [4.78, 5) is 14.7. The molecule has 1 aromatic heterocycles. The summed E-state index contributed by atoms with van der Waals surface area (Å²) in [7, 11) is 0. The second-order valence-electron chi connectivity index (χ2n) is 3.53. The number of aliphatic hydroxyl groups is 1.